The molecule has 7 nitrogen and oxygen atoms in total. The van der Waals surface area contributed by atoms with Crippen LogP contribution in [0.5, 0.6) is 0 Å². The summed E-state index contributed by atoms with van der Waals surface area (Å²) in [5.74, 6) is 0.0393. The highest BCUT2D eigenvalue weighted by Crippen LogP contribution is 2.31. The molecule has 27 heavy (non-hydrogen) atoms. The average molecular weight is 386 g/mol. The molecule has 0 aromatic carbocycles. The molecule has 1 aliphatic heterocycles. The highest BCUT2D eigenvalue weighted by atomic mass is 32.1. The van der Waals surface area contributed by atoms with Crippen molar-refractivity contribution in [1.29, 1.82) is 0 Å². The molecule has 0 radical (unpaired) electrons. The van der Waals surface area contributed by atoms with Crippen molar-refractivity contribution in [2.45, 2.75) is 25.6 Å². The van der Waals surface area contributed by atoms with E-state index in [1.807, 2.05) is 19.1 Å². The quantitative estimate of drug-likeness (QED) is 0.715. The number of thiophene rings is 1. The van der Waals surface area contributed by atoms with Crippen LogP contribution >= 0.6 is 11.3 Å². The Hall–Kier alpha value is -2.81. The molecule has 1 saturated heterocycles. The zero-order chi connectivity index (χ0) is 19.0. The third kappa shape index (κ3) is 3.55. The Morgan fingerprint density at radius 1 is 1.48 bits per heavy atom. The molecule has 4 heterocycles. The summed E-state index contributed by atoms with van der Waals surface area (Å²) in [6.07, 6.45) is 2.84. The number of amides is 1. The fraction of sp³-hybridized carbons (Fsp3) is 0.333. The monoisotopic (exact) mass is 386 g/mol. The zero-order valence-electron chi connectivity index (χ0n) is 14.7. The molecule has 1 fully saturated rings. The maximum atomic E-state index is 13.5. The molecule has 4 rings (SSSR count). The number of anilines is 2. The second-order valence-electron chi connectivity index (χ2n) is 6.55. The van der Waals surface area contributed by atoms with Gasteiger partial charge in [-0.2, -0.15) is 0 Å². The molecule has 0 spiro atoms. The Morgan fingerprint density at radius 2 is 2.33 bits per heavy atom. The van der Waals surface area contributed by atoms with Gasteiger partial charge in [0.2, 0.25) is 5.95 Å². The van der Waals surface area contributed by atoms with Crippen molar-refractivity contribution in [1.82, 2.24) is 19.9 Å². The Bertz CT molecular complexity index is 979. The lowest BCUT2D eigenvalue weighted by Gasteiger charge is -2.17. The fourth-order valence-electron chi connectivity index (χ4n) is 3.12. The second-order valence-corrected chi connectivity index (χ2v) is 7.63. The van der Waals surface area contributed by atoms with Gasteiger partial charge in [-0.15, -0.1) is 11.3 Å². The minimum Gasteiger partial charge on any atom is -0.391 e. The normalized spacial score (nSPS) is 18.0. The Labute approximate surface area is 159 Å². The van der Waals surface area contributed by atoms with Crippen molar-refractivity contribution in [3.05, 3.63) is 41.9 Å². The van der Waals surface area contributed by atoms with Gasteiger partial charge in [-0.1, -0.05) is 6.07 Å². The summed E-state index contributed by atoms with van der Waals surface area (Å²) in [5.41, 5.74) is 7.75. The van der Waals surface area contributed by atoms with E-state index in [-0.39, 0.29) is 24.2 Å². The zero-order valence-corrected chi connectivity index (χ0v) is 15.5. The molecule has 3 aromatic heterocycles. The van der Waals surface area contributed by atoms with E-state index in [0.717, 1.165) is 5.56 Å². The lowest BCUT2D eigenvalue weighted by atomic mass is 10.1. The van der Waals surface area contributed by atoms with Gasteiger partial charge in [-0.05, 0) is 31.0 Å². The van der Waals surface area contributed by atoms with E-state index >= 15 is 0 Å². The number of pyridine rings is 1. The fourth-order valence-corrected chi connectivity index (χ4v) is 3.96. The number of halogens is 1. The predicted octanol–water partition coefficient (Wildman–Crippen LogP) is 3.03. The van der Waals surface area contributed by atoms with Gasteiger partial charge in [0, 0.05) is 18.9 Å². The maximum Gasteiger partial charge on any atom is 0.274 e. The number of rotatable bonds is 4. The number of hydrogen-bond acceptors (Lipinski definition) is 7. The van der Waals surface area contributed by atoms with Crippen LogP contribution in [0.1, 0.15) is 35.4 Å². The number of carbonyl (C=O) groups excluding carboxylic acids is 1. The number of nitrogens with two attached hydrogens (primary N) is 1. The van der Waals surface area contributed by atoms with Gasteiger partial charge in [0.1, 0.15) is 6.17 Å². The molecule has 3 N–H and O–H groups in total. The number of nitrogens with one attached hydrogen (secondary N) is 1. The molecule has 0 saturated carbocycles. The van der Waals surface area contributed by atoms with Crippen LogP contribution in [-0.2, 0) is 0 Å². The largest absolute Gasteiger partial charge is 0.391 e. The minimum atomic E-state index is -0.983. The van der Waals surface area contributed by atoms with Crippen molar-refractivity contribution in [3.63, 3.8) is 0 Å². The van der Waals surface area contributed by atoms with Crippen LogP contribution in [0.15, 0.2) is 30.6 Å². The first-order valence-electron chi connectivity index (χ1n) is 8.68. The Kier molecular flexibility index (Phi) is 4.61. The summed E-state index contributed by atoms with van der Waals surface area (Å²) >= 11 is 1.26. The van der Waals surface area contributed by atoms with Crippen LogP contribution in [0.25, 0.3) is 10.2 Å². The van der Waals surface area contributed by atoms with E-state index in [1.54, 1.807) is 18.5 Å². The smallest absolute Gasteiger partial charge is 0.274 e. The molecule has 9 heteroatoms. The van der Waals surface area contributed by atoms with Crippen molar-refractivity contribution in [2.75, 3.05) is 24.1 Å². The summed E-state index contributed by atoms with van der Waals surface area (Å²) in [4.78, 5) is 27.5. The average Bonchev–Trinajstić information content (AvgIpc) is 3.26. The molecular weight excluding hydrogens is 367 g/mol. The number of alkyl halides is 1. The molecule has 1 amide bonds. The third-order valence-electron chi connectivity index (χ3n) is 4.54. The topological polar surface area (TPSA) is 97.0 Å². The van der Waals surface area contributed by atoms with Crippen LogP contribution in [0, 0.1) is 0 Å². The van der Waals surface area contributed by atoms with Crippen LogP contribution in [-0.4, -0.2) is 45.0 Å². The van der Waals surface area contributed by atoms with Gasteiger partial charge in [0.05, 0.1) is 27.8 Å². The number of aromatic nitrogens is 3. The van der Waals surface area contributed by atoms with Gasteiger partial charge in [-0.25, -0.2) is 14.4 Å². The Balaban J connectivity index is 1.69. The van der Waals surface area contributed by atoms with E-state index < -0.39 is 6.17 Å². The molecule has 0 aliphatic carbocycles. The summed E-state index contributed by atoms with van der Waals surface area (Å²) in [7, 11) is 0. The summed E-state index contributed by atoms with van der Waals surface area (Å²) in [6, 6.07) is 5.42. The highest BCUT2D eigenvalue weighted by Gasteiger charge is 2.29. The first kappa shape index (κ1) is 17.6. The highest BCUT2D eigenvalue weighted by molar-refractivity contribution is 7.22. The van der Waals surface area contributed by atoms with Crippen LogP contribution in [0.3, 0.4) is 0 Å². The lowest BCUT2D eigenvalue weighted by Crippen LogP contribution is -2.30. The van der Waals surface area contributed by atoms with Crippen LogP contribution in [0.2, 0.25) is 0 Å². The standard InChI is InChI=1S/C18H19FN6OS/c1-10(11-3-2-5-21-8-11)22-18-23-13-7-14(20)27-16(13)15(24-18)17(26)25-6-4-12(19)9-25/h2-3,5,7-8,10,12H,4,6,9,20H2,1H3,(H,22,23,24)/t10-,12+/m0/s1. The molecular formula is C18H19FN6OS. The van der Waals surface area contributed by atoms with Crippen molar-refractivity contribution >= 4 is 38.4 Å². The second kappa shape index (κ2) is 7.07. The van der Waals surface area contributed by atoms with Gasteiger partial charge >= 0.3 is 0 Å². The number of nitrogen functional groups attached to an aromatic ring is 1. The summed E-state index contributed by atoms with van der Waals surface area (Å²) in [5, 5.41) is 3.76. The number of nitrogens with zero attached hydrogens (tertiary/aromatic N) is 4. The number of carbonyl (C=O) groups is 1. The summed E-state index contributed by atoms with van der Waals surface area (Å²) in [6.45, 7) is 2.45. The van der Waals surface area contributed by atoms with Crippen molar-refractivity contribution in [3.8, 4) is 0 Å². The lowest BCUT2D eigenvalue weighted by molar-refractivity contribution is 0.0779. The number of fused-ring (bicyclic) bond motifs is 1. The molecule has 0 bridgehead atoms. The van der Waals surface area contributed by atoms with Crippen LogP contribution in [0.4, 0.5) is 15.3 Å². The van der Waals surface area contributed by atoms with Gasteiger partial charge < -0.3 is 16.0 Å². The molecule has 2 atom stereocenters. The van der Waals surface area contributed by atoms with Gasteiger partial charge in [0.25, 0.3) is 5.91 Å². The van der Waals surface area contributed by atoms with E-state index in [0.29, 0.717) is 34.1 Å². The minimum absolute atomic E-state index is 0.0973. The first-order valence-corrected chi connectivity index (χ1v) is 9.50. The van der Waals surface area contributed by atoms with Crippen molar-refractivity contribution < 1.29 is 9.18 Å². The number of hydrogen-bond donors (Lipinski definition) is 2. The molecule has 0 unspecified atom stereocenters. The van der Waals surface area contributed by atoms with E-state index in [9.17, 15) is 9.18 Å². The Morgan fingerprint density at radius 3 is 3.04 bits per heavy atom. The molecule has 140 valence electrons. The van der Waals surface area contributed by atoms with E-state index in [4.69, 9.17) is 5.73 Å². The van der Waals surface area contributed by atoms with E-state index in [2.05, 4.69) is 20.3 Å². The van der Waals surface area contributed by atoms with Crippen molar-refractivity contribution in [2.24, 2.45) is 0 Å². The first-order chi connectivity index (χ1) is 13.0. The SMILES string of the molecule is C[C@H](Nc1nc(C(=O)N2CC[C@@H](F)C2)c2sc(N)cc2n1)c1cccnc1. The summed E-state index contributed by atoms with van der Waals surface area (Å²) < 4.78 is 14.2. The maximum absolute atomic E-state index is 13.5. The predicted molar refractivity (Wildman–Crippen MR) is 104 cm³/mol. The van der Waals surface area contributed by atoms with Crippen LogP contribution < -0.4 is 11.1 Å². The van der Waals surface area contributed by atoms with Gasteiger partial charge in [-0.3, -0.25) is 9.78 Å². The molecule has 3 aromatic rings. The number of likely N-dealkylation sites (tertiary alicyclic amines) is 1. The molecule has 1 aliphatic rings. The van der Waals surface area contributed by atoms with Gasteiger partial charge in [0.15, 0.2) is 5.69 Å². The van der Waals surface area contributed by atoms with E-state index in [1.165, 1.54) is 16.2 Å². The third-order valence-corrected chi connectivity index (χ3v) is 5.50.